The van der Waals surface area contributed by atoms with Gasteiger partial charge < -0.3 is 4.74 Å². The zero-order valence-electron chi connectivity index (χ0n) is 11.9. The van der Waals surface area contributed by atoms with Crippen LogP contribution in [0.3, 0.4) is 0 Å². The lowest BCUT2D eigenvalue weighted by molar-refractivity contribution is -0.126. The van der Waals surface area contributed by atoms with Crippen molar-refractivity contribution in [3.63, 3.8) is 0 Å². The first-order valence-corrected chi connectivity index (χ1v) is 6.32. The van der Waals surface area contributed by atoms with Gasteiger partial charge >= 0.3 is 6.09 Å². The van der Waals surface area contributed by atoms with Gasteiger partial charge in [0.2, 0.25) is 0 Å². The molecule has 0 bridgehead atoms. The second-order valence-corrected chi connectivity index (χ2v) is 6.14. The molecule has 0 spiro atoms. The number of hydrogen-bond acceptors (Lipinski definition) is 3. The highest BCUT2D eigenvalue weighted by Gasteiger charge is 2.38. The Hall–Kier alpha value is -1.32. The van der Waals surface area contributed by atoms with E-state index in [1.165, 1.54) is 4.90 Å². The van der Waals surface area contributed by atoms with Crippen molar-refractivity contribution < 1.29 is 14.3 Å². The SMILES string of the molecule is C=C1CC(C(=O)C(C)C)N(C(=O)OC(C)(C)C)C1. The fourth-order valence-electron chi connectivity index (χ4n) is 1.95. The summed E-state index contributed by atoms with van der Waals surface area (Å²) in [5.41, 5.74) is 0.353. The molecule has 1 fully saturated rings. The van der Waals surface area contributed by atoms with Crippen molar-refractivity contribution in [2.24, 2.45) is 5.92 Å². The van der Waals surface area contributed by atoms with E-state index in [-0.39, 0.29) is 11.7 Å². The van der Waals surface area contributed by atoms with Gasteiger partial charge in [-0.15, -0.1) is 0 Å². The minimum absolute atomic E-state index is 0.0690. The number of hydrogen-bond donors (Lipinski definition) is 0. The molecule has 0 saturated carbocycles. The topological polar surface area (TPSA) is 46.6 Å². The predicted molar refractivity (Wildman–Crippen MR) is 70.3 cm³/mol. The summed E-state index contributed by atoms with van der Waals surface area (Å²) in [5, 5.41) is 0. The summed E-state index contributed by atoms with van der Waals surface area (Å²) in [6.45, 7) is 13.4. The molecule has 0 radical (unpaired) electrons. The summed E-state index contributed by atoms with van der Waals surface area (Å²) in [7, 11) is 0. The Labute approximate surface area is 109 Å². The second-order valence-electron chi connectivity index (χ2n) is 6.14. The van der Waals surface area contributed by atoms with Gasteiger partial charge in [-0.05, 0) is 27.2 Å². The van der Waals surface area contributed by atoms with Gasteiger partial charge in [-0.2, -0.15) is 0 Å². The zero-order valence-corrected chi connectivity index (χ0v) is 11.9. The van der Waals surface area contributed by atoms with E-state index in [4.69, 9.17) is 4.74 Å². The minimum atomic E-state index is -0.549. The summed E-state index contributed by atoms with van der Waals surface area (Å²) in [6, 6.07) is -0.410. The van der Waals surface area contributed by atoms with Crippen LogP contribution in [0.25, 0.3) is 0 Å². The maximum Gasteiger partial charge on any atom is 0.411 e. The van der Waals surface area contributed by atoms with Gasteiger partial charge in [-0.1, -0.05) is 26.0 Å². The number of carbonyl (C=O) groups is 2. The Bertz CT molecular complexity index is 366. The van der Waals surface area contributed by atoms with Crippen LogP contribution >= 0.6 is 0 Å². The molecule has 18 heavy (non-hydrogen) atoms. The molecule has 0 aromatic carbocycles. The molecule has 1 saturated heterocycles. The first kappa shape index (κ1) is 14.7. The van der Waals surface area contributed by atoms with Crippen molar-refractivity contribution in [3.8, 4) is 0 Å². The molecule has 0 N–H and O–H groups in total. The highest BCUT2D eigenvalue weighted by atomic mass is 16.6. The van der Waals surface area contributed by atoms with Crippen molar-refractivity contribution >= 4 is 11.9 Å². The predicted octanol–water partition coefficient (Wildman–Crippen LogP) is 2.78. The van der Waals surface area contributed by atoms with Crippen molar-refractivity contribution in [2.75, 3.05) is 6.54 Å². The van der Waals surface area contributed by atoms with Gasteiger partial charge in [0.05, 0.1) is 6.04 Å². The van der Waals surface area contributed by atoms with Crippen LogP contribution < -0.4 is 0 Å². The Morgan fingerprint density at radius 2 is 1.94 bits per heavy atom. The van der Waals surface area contributed by atoms with Gasteiger partial charge in [0.1, 0.15) is 5.60 Å². The first-order valence-electron chi connectivity index (χ1n) is 6.32. The van der Waals surface area contributed by atoms with Crippen molar-refractivity contribution in [1.82, 2.24) is 4.90 Å². The Balaban J connectivity index is 2.82. The Morgan fingerprint density at radius 3 is 2.39 bits per heavy atom. The summed E-state index contributed by atoms with van der Waals surface area (Å²) in [5.74, 6) is -0.0228. The minimum Gasteiger partial charge on any atom is -0.444 e. The molecule has 0 aliphatic carbocycles. The van der Waals surface area contributed by atoms with E-state index < -0.39 is 17.7 Å². The molecule has 0 aromatic heterocycles. The van der Waals surface area contributed by atoms with E-state index in [1.807, 2.05) is 34.6 Å². The average Bonchev–Trinajstić information content (AvgIpc) is 2.56. The third-order valence-electron chi connectivity index (χ3n) is 2.78. The van der Waals surface area contributed by atoms with Crippen molar-refractivity contribution in [3.05, 3.63) is 12.2 Å². The number of nitrogens with zero attached hydrogens (tertiary/aromatic N) is 1. The molecule has 1 aliphatic rings. The molecular formula is C14H23NO3. The number of Topliss-reactive ketones (excluding diaryl/α,β-unsaturated/α-hetero) is 1. The third-order valence-corrected chi connectivity index (χ3v) is 2.78. The summed E-state index contributed by atoms with van der Waals surface area (Å²) in [6.07, 6.45) is 0.121. The molecule has 1 unspecified atom stereocenters. The van der Waals surface area contributed by atoms with Crippen LogP contribution in [0, 0.1) is 5.92 Å². The Kier molecular flexibility index (Phi) is 4.20. The van der Waals surface area contributed by atoms with Gasteiger partial charge in [-0.25, -0.2) is 4.79 Å². The number of carbonyl (C=O) groups excluding carboxylic acids is 2. The molecule has 102 valence electrons. The molecule has 1 rings (SSSR count). The van der Waals surface area contributed by atoms with Gasteiger partial charge in [-0.3, -0.25) is 9.69 Å². The van der Waals surface area contributed by atoms with Gasteiger partial charge in [0, 0.05) is 12.5 Å². The largest absolute Gasteiger partial charge is 0.444 e. The van der Waals surface area contributed by atoms with Crippen LogP contribution in [0.4, 0.5) is 4.79 Å². The van der Waals surface area contributed by atoms with Crippen LogP contribution in [0.2, 0.25) is 0 Å². The highest BCUT2D eigenvalue weighted by Crippen LogP contribution is 2.26. The standard InChI is InChI=1S/C14H23NO3/c1-9(2)12(16)11-7-10(3)8-15(11)13(17)18-14(4,5)6/h9,11H,3,7-8H2,1-2,4-6H3. The van der Waals surface area contributed by atoms with Crippen LogP contribution in [0.5, 0.6) is 0 Å². The first-order chi connectivity index (χ1) is 8.11. The van der Waals surface area contributed by atoms with Crippen LogP contribution in [0.15, 0.2) is 12.2 Å². The smallest absolute Gasteiger partial charge is 0.411 e. The second kappa shape index (κ2) is 5.12. The van der Waals surface area contributed by atoms with Gasteiger partial charge in [0.15, 0.2) is 5.78 Å². The number of amides is 1. The van der Waals surface area contributed by atoms with E-state index in [0.29, 0.717) is 13.0 Å². The highest BCUT2D eigenvalue weighted by molar-refractivity contribution is 5.90. The quantitative estimate of drug-likeness (QED) is 0.711. The van der Waals surface area contributed by atoms with E-state index in [0.717, 1.165) is 5.57 Å². The van der Waals surface area contributed by atoms with E-state index in [9.17, 15) is 9.59 Å². The van der Waals surface area contributed by atoms with E-state index in [2.05, 4.69) is 6.58 Å². The molecule has 1 amide bonds. The van der Waals surface area contributed by atoms with E-state index in [1.54, 1.807) is 0 Å². The molecule has 1 atom stereocenters. The maximum absolute atomic E-state index is 12.1. The van der Waals surface area contributed by atoms with E-state index >= 15 is 0 Å². The average molecular weight is 253 g/mol. The fraction of sp³-hybridized carbons (Fsp3) is 0.714. The van der Waals surface area contributed by atoms with Crippen LogP contribution in [-0.2, 0) is 9.53 Å². The lowest BCUT2D eigenvalue weighted by Gasteiger charge is -2.28. The lowest BCUT2D eigenvalue weighted by Crippen LogP contribution is -2.44. The van der Waals surface area contributed by atoms with Crippen molar-refractivity contribution in [1.29, 1.82) is 0 Å². The maximum atomic E-state index is 12.1. The molecule has 1 heterocycles. The molecular weight excluding hydrogens is 230 g/mol. The Morgan fingerprint density at radius 1 is 1.39 bits per heavy atom. The summed E-state index contributed by atoms with van der Waals surface area (Å²) < 4.78 is 5.32. The van der Waals surface area contributed by atoms with Crippen LogP contribution in [0.1, 0.15) is 41.0 Å². The number of ketones is 1. The number of ether oxygens (including phenoxy) is 1. The molecule has 0 aromatic rings. The molecule has 1 aliphatic heterocycles. The number of likely N-dealkylation sites (tertiary alicyclic amines) is 1. The van der Waals surface area contributed by atoms with Crippen molar-refractivity contribution in [2.45, 2.75) is 52.7 Å². The normalized spacial score (nSPS) is 20.4. The fourth-order valence-corrected chi connectivity index (χ4v) is 1.95. The third kappa shape index (κ3) is 3.59. The van der Waals surface area contributed by atoms with Gasteiger partial charge in [0.25, 0.3) is 0 Å². The summed E-state index contributed by atoms with van der Waals surface area (Å²) >= 11 is 0. The monoisotopic (exact) mass is 253 g/mol. The lowest BCUT2D eigenvalue weighted by atomic mass is 9.99. The number of rotatable bonds is 2. The zero-order chi connectivity index (χ0) is 14.1. The summed E-state index contributed by atoms with van der Waals surface area (Å²) in [4.78, 5) is 25.6. The molecule has 4 nitrogen and oxygen atoms in total. The van der Waals surface area contributed by atoms with Crippen LogP contribution in [-0.4, -0.2) is 35.0 Å². The molecule has 4 heteroatoms.